The molecule has 1 fully saturated rings. The second-order valence-electron chi connectivity index (χ2n) is 5.57. The fourth-order valence-corrected chi connectivity index (χ4v) is 2.79. The van der Waals surface area contributed by atoms with E-state index in [0.717, 1.165) is 19.5 Å². The molecule has 2 heterocycles. The third-order valence-corrected chi connectivity index (χ3v) is 4.03. The van der Waals surface area contributed by atoms with E-state index < -0.39 is 0 Å². The van der Waals surface area contributed by atoms with Crippen molar-refractivity contribution in [1.29, 1.82) is 0 Å². The highest BCUT2D eigenvalue weighted by molar-refractivity contribution is 5.82. The predicted molar refractivity (Wildman–Crippen MR) is 78.8 cm³/mol. The Morgan fingerprint density at radius 2 is 2.15 bits per heavy atom. The minimum atomic E-state index is -0.232. The van der Waals surface area contributed by atoms with Gasteiger partial charge < -0.3 is 14.8 Å². The average molecular weight is 275 g/mol. The zero-order valence-electron chi connectivity index (χ0n) is 11.7. The van der Waals surface area contributed by atoms with E-state index in [1.54, 1.807) is 12.1 Å². The van der Waals surface area contributed by atoms with E-state index in [1.807, 2.05) is 19.0 Å². The van der Waals surface area contributed by atoms with Crippen LogP contribution in [0.5, 0.6) is 0 Å². The molecule has 1 aromatic carbocycles. The second-order valence-corrected chi connectivity index (χ2v) is 5.57. The van der Waals surface area contributed by atoms with Gasteiger partial charge in [-0.2, -0.15) is 0 Å². The average Bonchev–Trinajstić information content (AvgIpc) is 2.88. The Balaban J connectivity index is 1.99. The standard InChI is InChI=1S/C15H18FN3O/c1-18(2)11-5-6-19(9-11)14-8-13-10(7-12(14)16)3-4-15(20)17-13/h3-4,7-8,11H,5-6,9H2,1-2H3,(H,17,20)/t11-/m1/s1. The summed E-state index contributed by atoms with van der Waals surface area (Å²) in [5.41, 5.74) is 1.09. The van der Waals surface area contributed by atoms with E-state index in [4.69, 9.17) is 0 Å². The summed E-state index contributed by atoms with van der Waals surface area (Å²) in [6.07, 6.45) is 1.02. The van der Waals surface area contributed by atoms with Crippen LogP contribution in [-0.2, 0) is 0 Å². The molecule has 1 aliphatic rings. The number of hydrogen-bond donors (Lipinski definition) is 1. The summed E-state index contributed by atoms with van der Waals surface area (Å²) in [5, 5.41) is 0.717. The molecular weight excluding hydrogens is 257 g/mol. The zero-order chi connectivity index (χ0) is 14.3. The number of aromatic amines is 1. The lowest BCUT2D eigenvalue weighted by Crippen LogP contribution is -2.31. The van der Waals surface area contributed by atoms with Crippen LogP contribution in [0.15, 0.2) is 29.1 Å². The summed E-state index contributed by atoms with van der Waals surface area (Å²) in [4.78, 5) is 18.3. The largest absolute Gasteiger partial charge is 0.367 e. The molecule has 1 saturated heterocycles. The maximum atomic E-state index is 14.3. The number of anilines is 1. The Morgan fingerprint density at radius 3 is 2.85 bits per heavy atom. The Hall–Kier alpha value is -1.88. The number of likely N-dealkylation sites (N-methyl/N-ethyl adjacent to an activating group) is 1. The molecule has 0 radical (unpaired) electrons. The number of H-pyrrole nitrogens is 1. The fraction of sp³-hybridized carbons (Fsp3) is 0.400. The third kappa shape index (κ3) is 2.29. The molecule has 0 unspecified atom stereocenters. The topological polar surface area (TPSA) is 39.3 Å². The number of pyridine rings is 1. The van der Waals surface area contributed by atoms with Crippen LogP contribution in [0.3, 0.4) is 0 Å². The smallest absolute Gasteiger partial charge is 0.248 e. The van der Waals surface area contributed by atoms with Gasteiger partial charge in [0.05, 0.1) is 11.2 Å². The Kier molecular flexibility index (Phi) is 3.22. The predicted octanol–water partition coefficient (Wildman–Crippen LogP) is 1.81. The molecule has 20 heavy (non-hydrogen) atoms. The maximum Gasteiger partial charge on any atom is 0.248 e. The molecule has 3 rings (SSSR count). The molecule has 0 saturated carbocycles. The molecule has 0 spiro atoms. The molecule has 0 aliphatic carbocycles. The molecule has 2 aromatic rings. The number of hydrogen-bond acceptors (Lipinski definition) is 3. The normalized spacial score (nSPS) is 19.2. The van der Waals surface area contributed by atoms with Gasteiger partial charge in [-0.1, -0.05) is 0 Å². The van der Waals surface area contributed by atoms with E-state index in [0.29, 0.717) is 22.6 Å². The van der Waals surface area contributed by atoms with E-state index in [1.165, 1.54) is 12.1 Å². The number of rotatable bonds is 2. The van der Waals surface area contributed by atoms with Crippen molar-refractivity contribution in [3.63, 3.8) is 0 Å². The molecule has 1 aliphatic heterocycles. The maximum absolute atomic E-state index is 14.3. The number of aromatic nitrogens is 1. The lowest BCUT2D eigenvalue weighted by molar-refractivity contribution is 0.315. The molecule has 4 nitrogen and oxygen atoms in total. The highest BCUT2D eigenvalue weighted by Gasteiger charge is 2.26. The van der Waals surface area contributed by atoms with Crippen LogP contribution in [0, 0.1) is 5.82 Å². The molecule has 1 N–H and O–H groups in total. The zero-order valence-corrected chi connectivity index (χ0v) is 11.7. The highest BCUT2D eigenvalue weighted by Crippen LogP contribution is 2.28. The van der Waals surface area contributed by atoms with Gasteiger partial charge in [0.1, 0.15) is 5.82 Å². The van der Waals surface area contributed by atoms with E-state index in [2.05, 4.69) is 9.88 Å². The minimum absolute atomic E-state index is 0.164. The number of halogens is 1. The molecule has 0 bridgehead atoms. The van der Waals surface area contributed by atoms with Crippen molar-refractivity contribution < 1.29 is 4.39 Å². The lowest BCUT2D eigenvalue weighted by Gasteiger charge is -2.22. The summed E-state index contributed by atoms with van der Waals surface area (Å²) < 4.78 is 14.3. The molecule has 1 atom stereocenters. The molecule has 106 valence electrons. The fourth-order valence-electron chi connectivity index (χ4n) is 2.79. The van der Waals surface area contributed by atoms with Gasteiger partial charge in [0.15, 0.2) is 0 Å². The van der Waals surface area contributed by atoms with Gasteiger partial charge in [-0.15, -0.1) is 0 Å². The molecule has 1 aromatic heterocycles. The minimum Gasteiger partial charge on any atom is -0.367 e. The van der Waals surface area contributed by atoms with Crippen molar-refractivity contribution in [2.24, 2.45) is 0 Å². The van der Waals surface area contributed by atoms with Crippen LogP contribution in [0.25, 0.3) is 10.9 Å². The Morgan fingerprint density at radius 1 is 1.35 bits per heavy atom. The van der Waals surface area contributed by atoms with Crippen molar-refractivity contribution in [2.45, 2.75) is 12.5 Å². The summed E-state index contributed by atoms with van der Waals surface area (Å²) in [6, 6.07) is 6.74. The SMILES string of the molecule is CN(C)[C@@H]1CCN(c2cc3[nH]c(=O)ccc3cc2F)C1. The molecular formula is C15H18FN3O. The van der Waals surface area contributed by atoms with E-state index >= 15 is 0 Å². The second kappa shape index (κ2) is 4.90. The molecule has 5 heteroatoms. The van der Waals surface area contributed by atoms with Gasteiger partial charge in [-0.25, -0.2) is 4.39 Å². The van der Waals surface area contributed by atoms with Gasteiger partial charge in [0.25, 0.3) is 0 Å². The van der Waals surface area contributed by atoms with Crippen LogP contribution < -0.4 is 10.5 Å². The first-order chi connectivity index (χ1) is 9.54. The Bertz CT molecular complexity index is 695. The van der Waals surface area contributed by atoms with Gasteiger partial charge in [-0.3, -0.25) is 4.79 Å². The van der Waals surface area contributed by atoms with Crippen molar-refractivity contribution >= 4 is 16.6 Å². The van der Waals surface area contributed by atoms with Crippen LogP contribution in [0.1, 0.15) is 6.42 Å². The van der Waals surface area contributed by atoms with Crippen LogP contribution in [-0.4, -0.2) is 43.1 Å². The first-order valence-electron chi connectivity index (χ1n) is 6.78. The molecule has 0 amide bonds. The first kappa shape index (κ1) is 13.1. The van der Waals surface area contributed by atoms with Crippen molar-refractivity contribution in [3.8, 4) is 0 Å². The first-order valence-corrected chi connectivity index (χ1v) is 6.78. The van der Waals surface area contributed by atoms with Gasteiger partial charge in [0.2, 0.25) is 5.56 Å². The summed E-state index contributed by atoms with van der Waals surface area (Å²) in [6.45, 7) is 1.65. The van der Waals surface area contributed by atoms with Crippen molar-refractivity contribution in [3.05, 3.63) is 40.4 Å². The van der Waals surface area contributed by atoms with Gasteiger partial charge in [0, 0.05) is 30.6 Å². The van der Waals surface area contributed by atoms with Crippen molar-refractivity contribution in [1.82, 2.24) is 9.88 Å². The van der Waals surface area contributed by atoms with Crippen LogP contribution >= 0.6 is 0 Å². The van der Waals surface area contributed by atoms with Gasteiger partial charge in [-0.05, 0) is 38.7 Å². The summed E-state index contributed by atoms with van der Waals surface area (Å²) >= 11 is 0. The quantitative estimate of drug-likeness (QED) is 0.908. The third-order valence-electron chi connectivity index (χ3n) is 4.03. The lowest BCUT2D eigenvalue weighted by atomic mass is 10.2. The van der Waals surface area contributed by atoms with E-state index in [-0.39, 0.29) is 11.4 Å². The van der Waals surface area contributed by atoms with Crippen molar-refractivity contribution in [2.75, 3.05) is 32.1 Å². The van der Waals surface area contributed by atoms with E-state index in [9.17, 15) is 9.18 Å². The number of nitrogens with zero attached hydrogens (tertiary/aromatic N) is 2. The Labute approximate surface area is 116 Å². The number of benzene rings is 1. The summed E-state index contributed by atoms with van der Waals surface area (Å²) in [7, 11) is 4.09. The monoisotopic (exact) mass is 275 g/mol. The van der Waals surface area contributed by atoms with Crippen LogP contribution in [0.4, 0.5) is 10.1 Å². The summed E-state index contributed by atoms with van der Waals surface area (Å²) in [5.74, 6) is -0.232. The highest BCUT2D eigenvalue weighted by atomic mass is 19.1. The van der Waals surface area contributed by atoms with Crippen LogP contribution in [0.2, 0.25) is 0 Å². The van der Waals surface area contributed by atoms with Gasteiger partial charge >= 0.3 is 0 Å². The number of nitrogens with one attached hydrogen (secondary N) is 1. The number of fused-ring (bicyclic) bond motifs is 1.